The van der Waals surface area contributed by atoms with Crippen LogP contribution in [0.1, 0.15) is 28.1 Å². The molecule has 0 saturated carbocycles. The number of carbonyl (C=O) groups excluding carboxylic acids is 1. The van der Waals surface area contributed by atoms with Gasteiger partial charge < -0.3 is 10.6 Å². The predicted molar refractivity (Wildman–Crippen MR) is 69.4 cm³/mol. The Morgan fingerprint density at radius 2 is 2.12 bits per heavy atom. The van der Waals surface area contributed by atoms with Gasteiger partial charge in [-0.3, -0.25) is 4.79 Å². The van der Waals surface area contributed by atoms with Crippen molar-refractivity contribution in [1.29, 1.82) is 0 Å². The number of nitrogens with zero attached hydrogens (tertiary/aromatic N) is 1. The highest BCUT2D eigenvalue weighted by molar-refractivity contribution is 7.12. The minimum absolute atomic E-state index is 0. The molecule has 0 spiro atoms. The van der Waals surface area contributed by atoms with Gasteiger partial charge in [0.2, 0.25) is 0 Å². The zero-order valence-electron chi connectivity index (χ0n) is 9.31. The first-order chi connectivity index (χ1) is 7.18. The highest BCUT2D eigenvalue weighted by atomic mass is 35.5. The Balaban J connectivity index is 0.00000128. The third kappa shape index (κ3) is 2.75. The molecule has 0 aromatic carbocycles. The fourth-order valence-electron chi connectivity index (χ4n) is 1.84. The molecule has 16 heavy (non-hydrogen) atoms. The smallest absolute Gasteiger partial charge is 0.264 e. The summed E-state index contributed by atoms with van der Waals surface area (Å²) in [6.07, 6.45) is 1.85. The number of hydrogen-bond acceptors (Lipinski definition) is 3. The third-order valence-corrected chi connectivity index (χ3v) is 3.89. The van der Waals surface area contributed by atoms with Gasteiger partial charge in [0.05, 0.1) is 4.88 Å². The number of nitrogens with two attached hydrogens (primary N) is 1. The number of carbonyl (C=O) groups is 1. The molecule has 0 bridgehead atoms. The molecule has 1 aliphatic rings. The predicted octanol–water partition coefficient (Wildman–Crippen LogP) is 2.04. The monoisotopic (exact) mass is 260 g/mol. The summed E-state index contributed by atoms with van der Waals surface area (Å²) in [4.78, 5) is 14.9. The van der Waals surface area contributed by atoms with Crippen LogP contribution in [0.15, 0.2) is 11.4 Å². The first kappa shape index (κ1) is 13.5. The Hall–Kier alpha value is -0.580. The Morgan fingerprint density at radius 1 is 1.50 bits per heavy atom. The summed E-state index contributed by atoms with van der Waals surface area (Å²) in [6, 6.07) is 2.27. The molecule has 3 nitrogen and oxygen atoms in total. The van der Waals surface area contributed by atoms with E-state index in [1.165, 1.54) is 11.3 Å². The first-order valence-electron chi connectivity index (χ1n) is 5.27. The van der Waals surface area contributed by atoms with Gasteiger partial charge in [0.1, 0.15) is 0 Å². The van der Waals surface area contributed by atoms with E-state index in [4.69, 9.17) is 5.73 Å². The summed E-state index contributed by atoms with van der Waals surface area (Å²) in [6.45, 7) is 3.59. The highest BCUT2D eigenvalue weighted by Gasteiger charge is 2.23. The highest BCUT2D eigenvalue weighted by Crippen LogP contribution is 2.20. The molecule has 2 N–H and O–H groups in total. The van der Waals surface area contributed by atoms with Crippen LogP contribution in [0.2, 0.25) is 0 Å². The van der Waals surface area contributed by atoms with Crippen molar-refractivity contribution in [3.8, 4) is 0 Å². The molecule has 1 aliphatic heterocycles. The van der Waals surface area contributed by atoms with Crippen molar-refractivity contribution in [2.45, 2.75) is 25.8 Å². The first-order valence-corrected chi connectivity index (χ1v) is 6.15. The van der Waals surface area contributed by atoms with Crippen LogP contribution in [0.4, 0.5) is 0 Å². The standard InChI is InChI=1S/C11H16N2OS.ClH/c1-8-4-7-15-10(8)11(14)13-5-2-9(12)3-6-13;/h4,7,9H,2-3,5-6,12H2,1H3;1H. The van der Waals surface area contributed by atoms with Gasteiger partial charge in [-0.1, -0.05) is 0 Å². The van der Waals surface area contributed by atoms with E-state index in [2.05, 4.69) is 0 Å². The number of halogens is 1. The molecule has 90 valence electrons. The van der Waals surface area contributed by atoms with E-state index in [1.54, 1.807) is 0 Å². The fraction of sp³-hybridized carbons (Fsp3) is 0.545. The average Bonchev–Trinajstić information content (AvgIpc) is 2.65. The molecule has 1 aromatic heterocycles. The molecule has 1 saturated heterocycles. The van der Waals surface area contributed by atoms with Gasteiger partial charge in [-0.25, -0.2) is 0 Å². The van der Waals surface area contributed by atoms with Crippen LogP contribution in [0, 0.1) is 6.92 Å². The topological polar surface area (TPSA) is 46.3 Å². The number of rotatable bonds is 1. The van der Waals surface area contributed by atoms with Crippen LogP contribution in [-0.2, 0) is 0 Å². The van der Waals surface area contributed by atoms with Crippen molar-refractivity contribution in [2.24, 2.45) is 5.73 Å². The van der Waals surface area contributed by atoms with E-state index >= 15 is 0 Å². The SMILES string of the molecule is Cc1ccsc1C(=O)N1CCC(N)CC1.Cl. The van der Waals surface area contributed by atoms with Gasteiger partial charge in [-0.15, -0.1) is 23.7 Å². The second-order valence-corrected chi connectivity index (χ2v) is 4.98. The zero-order valence-corrected chi connectivity index (χ0v) is 10.9. The van der Waals surface area contributed by atoms with Gasteiger partial charge in [0.15, 0.2) is 0 Å². The Morgan fingerprint density at radius 3 is 2.62 bits per heavy atom. The van der Waals surface area contributed by atoms with Crippen LogP contribution in [0.5, 0.6) is 0 Å². The van der Waals surface area contributed by atoms with E-state index in [1.807, 2.05) is 23.3 Å². The minimum atomic E-state index is 0. The van der Waals surface area contributed by atoms with Gasteiger partial charge in [-0.2, -0.15) is 0 Å². The average molecular weight is 261 g/mol. The van der Waals surface area contributed by atoms with E-state index in [0.29, 0.717) is 0 Å². The molecule has 5 heteroatoms. The lowest BCUT2D eigenvalue weighted by Gasteiger charge is -2.30. The number of likely N-dealkylation sites (tertiary alicyclic amines) is 1. The fourth-order valence-corrected chi connectivity index (χ4v) is 2.73. The maximum atomic E-state index is 12.1. The lowest BCUT2D eigenvalue weighted by Crippen LogP contribution is -2.42. The van der Waals surface area contributed by atoms with Crippen LogP contribution < -0.4 is 5.73 Å². The molecule has 2 rings (SSSR count). The molecule has 0 unspecified atom stereocenters. The van der Waals surface area contributed by atoms with E-state index in [-0.39, 0.29) is 24.4 Å². The second kappa shape index (κ2) is 5.66. The summed E-state index contributed by atoms with van der Waals surface area (Å²) in [5, 5.41) is 1.97. The van der Waals surface area contributed by atoms with E-state index < -0.39 is 0 Å². The molecule has 0 radical (unpaired) electrons. The van der Waals surface area contributed by atoms with Crippen molar-refractivity contribution >= 4 is 29.7 Å². The summed E-state index contributed by atoms with van der Waals surface area (Å²) in [7, 11) is 0. The van der Waals surface area contributed by atoms with Crippen molar-refractivity contribution in [3.05, 3.63) is 21.9 Å². The maximum Gasteiger partial charge on any atom is 0.264 e. The molecular weight excluding hydrogens is 244 g/mol. The van der Waals surface area contributed by atoms with Crippen LogP contribution in [0.25, 0.3) is 0 Å². The summed E-state index contributed by atoms with van der Waals surface area (Å²) >= 11 is 1.53. The Bertz CT molecular complexity index is 359. The zero-order chi connectivity index (χ0) is 10.8. The molecule has 1 aromatic rings. The van der Waals surface area contributed by atoms with Crippen molar-refractivity contribution in [1.82, 2.24) is 4.90 Å². The van der Waals surface area contributed by atoms with Crippen molar-refractivity contribution < 1.29 is 4.79 Å². The molecule has 0 aliphatic carbocycles. The summed E-state index contributed by atoms with van der Waals surface area (Å²) < 4.78 is 0. The van der Waals surface area contributed by atoms with Crippen LogP contribution in [-0.4, -0.2) is 29.9 Å². The van der Waals surface area contributed by atoms with Gasteiger partial charge >= 0.3 is 0 Å². The number of amides is 1. The van der Waals surface area contributed by atoms with E-state index in [9.17, 15) is 4.79 Å². The molecule has 1 amide bonds. The Labute approximate surface area is 106 Å². The van der Waals surface area contributed by atoms with Crippen molar-refractivity contribution in [2.75, 3.05) is 13.1 Å². The summed E-state index contributed by atoms with van der Waals surface area (Å²) in [5.41, 5.74) is 6.89. The van der Waals surface area contributed by atoms with Crippen LogP contribution >= 0.6 is 23.7 Å². The third-order valence-electron chi connectivity index (χ3n) is 2.88. The number of hydrogen-bond donors (Lipinski definition) is 1. The van der Waals surface area contributed by atoms with Crippen LogP contribution in [0.3, 0.4) is 0 Å². The number of aryl methyl sites for hydroxylation is 1. The maximum absolute atomic E-state index is 12.1. The molecule has 2 heterocycles. The van der Waals surface area contributed by atoms with Gasteiger partial charge in [-0.05, 0) is 36.8 Å². The number of thiophene rings is 1. The lowest BCUT2D eigenvalue weighted by molar-refractivity contribution is 0.0719. The molecular formula is C11H17ClN2OS. The minimum Gasteiger partial charge on any atom is -0.338 e. The quantitative estimate of drug-likeness (QED) is 0.840. The number of piperidine rings is 1. The van der Waals surface area contributed by atoms with Crippen molar-refractivity contribution in [3.63, 3.8) is 0 Å². The van der Waals surface area contributed by atoms with Gasteiger partial charge in [0, 0.05) is 19.1 Å². The van der Waals surface area contributed by atoms with Gasteiger partial charge in [0.25, 0.3) is 5.91 Å². The normalized spacial score (nSPS) is 17.0. The molecule has 1 fully saturated rings. The molecule has 0 atom stereocenters. The Kier molecular flexibility index (Phi) is 4.77. The second-order valence-electron chi connectivity index (χ2n) is 4.06. The largest absolute Gasteiger partial charge is 0.338 e. The summed E-state index contributed by atoms with van der Waals surface area (Å²) in [5.74, 6) is 0.175. The lowest BCUT2D eigenvalue weighted by atomic mass is 10.1. The van der Waals surface area contributed by atoms with E-state index in [0.717, 1.165) is 36.4 Å².